The van der Waals surface area contributed by atoms with Crippen LogP contribution in [0.3, 0.4) is 0 Å². The highest BCUT2D eigenvalue weighted by molar-refractivity contribution is 5.76. The lowest BCUT2D eigenvalue weighted by Crippen LogP contribution is -2.17. The molecule has 0 fully saturated rings. The summed E-state index contributed by atoms with van der Waals surface area (Å²) in [7, 11) is 0. The molecule has 0 aliphatic carbocycles. The second-order valence-corrected chi connectivity index (χ2v) is 5.98. The molecule has 1 heterocycles. The number of nitrogens with zero attached hydrogens (tertiary/aromatic N) is 2. The predicted octanol–water partition coefficient (Wildman–Crippen LogP) is 3.11. The SMILES string of the molecule is CCC(=O)OCC(=O)OCn1cnc([C@@H](C)c2cccc(C)c2C)c1. The molecule has 0 aliphatic rings. The van der Waals surface area contributed by atoms with Crippen molar-refractivity contribution in [1.82, 2.24) is 9.55 Å². The third-order valence-electron chi connectivity index (χ3n) is 4.22. The molecule has 0 radical (unpaired) electrons. The van der Waals surface area contributed by atoms with Crippen LogP contribution in [0.25, 0.3) is 0 Å². The van der Waals surface area contributed by atoms with E-state index in [4.69, 9.17) is 9.47 Å². The highest BCUT2D eigenvalue weighted by atomic mass is 16.6. The van der Waals surface area contributed by atoms with E-state index in [-0.39, 0.29) is 25.7 Å². The van der Waals surface area contributed by atoms with E-state index in [0.29, 0.717) is 0 Å². The number of imidazole rings is 1. The summed E-state index contributed by atoms with van der Waals surface area (Å²) >= 11 is 0. The largest absolute Gasteiger partial charge is 0.454 e. The van der Waals surface area contributed by atoms with Gasteiger partial charge in [-0.2, -0.15) is 0 Å². The summed E-state index contributed by atoms with van der Waals surface area (Å²) in [5.41, 5.74) is 4.64. The van der Waals surface area contributed by atoms with E-state index in [0.717, 1.165) is 5.69 Å². The third-order valence-corrected chi connectivity index (χ3v) is 4.22. The molecule has 0 saturated carbocycles. The van der Waals surface area contributed by atoms with E-state index in [2.05, 4.69) is 37.9 Å². The highest BCUT2D eigenvalue weighted by Gasteiger charge is 2.15. The smallest absolute Gasteiger partial charge is 0.346 e. The summed E-state index contributed by atoms with van der Waals surface area (Å²) in [4.78, 5) is 27.0. The molecule has 0 bridgehead atoms. The van der Waals surface area contributed by atoms with E-state index in [1.54, 1.807) is 17.8 Å². The number of hydrogen-bond donors (Lipinski definition) is 0. The number of rotatable bonds is 7. The standard InChI is InChI=1S/C19H24N2O4/c1-5-18(22)24-10-19(23)25-12-21-9-17(20-11-21)15(4)16-8-6-7-13(2)14(16)3/h6-9,11,15H,5,10,12H2,1-4H3/t15-/m0/s1. The molecule has 6 nitrogen and oxygen atoms in total. The van der Waals surface area contributed by atoms with Gasteiger partial charge in [0.15, 0.2) is 13.3 Å². The van der Waals surface area contributed by atoms with Crippen molar-refractivity contribution < 1.29 is 19.1 Å². The molecule has 0 spiro atoms. The number of aromatic nitrogens is 2. The van der Waals surface area contributed by atoms with Crippen molar-refractivity contribution in [2.75, 3.05) is 6.61 Å². The van der Waals surface area contributed by atoms with Gasteiger partial charge < -0.3 is 14.0 Å². The molecule has 0 amide bonds. The van der Waals surface area contributed by atoms with Crippen molar-refractivity contribution in [3.05, 3.63) is 53.1 Å². The van der Waals surface area contributed by atoms with Crippen LogP contribution in [0, 0.1) is 13.8 Å². The molecule has 25 heavy (non-hydrogen) atoms. The summed E-state index contributed by atoms with van der Waals surface area (Å²) in [6, 6.07) is 6.24. The van der Waals surface area contributed by atoms with Gasteiger partial charge in [0.25, 0.3) is 0 Å². The van der Waals surface area contributed by atoms with E-state index in [9.17, 15) is 9.59 Å². The summed E-state index contributed by atoms with van der Waals surface area (Å²) in [5.74, 6) is -0.869. The van der Waals surface area contributed by atoms with Crippen LogP contribution in [-0.2, 0) is 25.8 Å². The van der Waals surface area contributed by atoms with Crippen LogP contribution >= 0.6 is 0 Å². The second kappa shape index (κ2) is 8.46. The predicted molar refractivity (Wildman–Crippen MR) is 93.0 cm³/mol. The molecular formula is C19H24N2O4. The van der Waals surface area contributed by atoms with E-state index in [1.807, 2.05) is 12.3 Å². The van der Waals surface area contributed by atoms with Gasteiger partial charge in [-0.15, -0.1) is 0 Å². The van der Waals surface area contributed by atoms with Gasteiger partial charge in [0.2, 0.25) is 0 Å². The Bertz CT molecular complexity index is 752. The zero-order chi connectivity index (χ0) is 18.4. The van der Waals surface area contributed by atoms with Crippen LogP contribution in [0.5, 0.6) is 0 Å². The average molecular weight is 344 g/mol. The van der Waals surface area contributed by atoms with Crippen LogP contribution in [-0.4, -0.2) is 28.1 Å². The van der Waals surface area contributed by atoms with Gasteiger partial charge in [0, 0.05) is 18.5 Å². The van der Waals surface area contributed by atoms with Gasteiger partial charge in [-0.25, -0.2) is 9.78 Å². The Morgan fingerprint density at radius 2 is 1.96 bits per heavy atom. The minimum Gasteiger partial charge on any atom is -0.454 e. The van der Waals surface area contributed by atoms with Gasteiger partial charge in [0.1, 0.15) is 0 Å². The number of carbonyl (C=O) groups excluding carboxylic acids is 2. The van der Waals surface area contributed by atoms with Crippen LogP contribution in [0.15, 0.2) is 30.7 Å². The maximum Gasteiger partial charge on any atom is 0.346 e. The lowest BCUT2D eigenvalue weighted by atomic mass is 9.92. The van der Waals surface area contributed by atoms with Crippen molar-refractivity contribution in [3.63, 3.8) is 0 Å². The Morgan fingerprint density at radius 1 is 1.20 bits per heavy atom. The maximum absolute atomic E-state index is 11.5. The van der Waals surface area contributed by atoms with E-state index < -0.39 is 11.9 Å². The molecule has 0 unspecified atom stereocenters. The van der Waals surface area contributed by atoms with Gasteiger partial charge >= 0.3 is 11.9 Å². The van der Waals surface area contributed by atoms with Gasteiger partial charge in [-0.05, 0) is 30.5 Å². The molecule has 1 atom stereocenters. The number of benzene rings is 1. The molecule has 6 heteroatoms. The number of esters is 2. The van der Waals surface area contributed by atoms with Crippen LogP contribution in [0.2, 0.25) is 0 Å². The van der Waals surface area contributed by atoms with Crippen molar-refractivity contribution in [2.24, 2.45) is 0 Å². The Kier molecular flexibility index (Phi) is 6.33. The summed E-state index contributed by atoms with van der Waals surface area (Å²) < 4.78 is 11.5. The van der Waals surface area contributed by atoms with Gasteiger partial charge in [0.05, 0.1) is 12.0 Å². The Hall–Kier alpha value is -2.63. The quantitative estimate of drug-likeness (QED) is 0.722. The molecule has 2 aromatic rings. The lowest BCUT2D eigenvalue weighted by Gasteiger charge is -2.14. The van der Waals surface area contributed by atoms with Gasteiger partial charge in [-0.1, -0.05) is 32.0 Å². The molecule has 0 saturated heterocycles. The van der Waals surface area contributed by atoms with Gasteiger partial charge in [-0.3, -0.25) is 4.79 Å². The van der Waals surface area contributed by atoms with E-state index in [1.165, 1.54) is 16.7 Å². The number of aryl methyl sites for hydroxylation is 1. The Morgan fingerprint density at radius 3 is 2.68 bits per heavy atom. The molecule has 1 aromatic heterocycles. The fourth-order valence-corrected chi connectivity index (χ4v) is 2.50. The minimum atomic E-state index is -0.584. The number of ether oxygens (including phenoxy) is 2. The van der Waals surface area contributed by atoms with Crippen molar-refractivity contribution in [3.8, 4) is 0 Å². The first kappa shape index (κ1) is 18.7. The van der Waals surface area contributed by atoms with Crippen LogP contribution in [0.4, 0.5) is 0 Å². The number of hydrogen-bond acceptors (Lipinski definition) is 5. The molecule has 0 aliphatic heterocycles. The fourth-order valence-electron chi connectivity index (χ4n) is 2.50. The summed E-state index contributed by atoms with van der Waals surface area (Å²) in [6.45, 7) is 7.64. The van der Waals surface area contributed by atoms with Crippen molar-refractivity contribution in [2.45, 2.75) is 46.8 Å². The summed E-state index contributed by atoms with van der Waals surface area (Å²) in [5, 5.41) is 0. The monoisotopic (exact) mass is 344 g/mol. The Labute approximate surface area is 147 Å². The number of carbonyl (C=O) groups is 2. The molecule has 134 valence electrons. The van der Waals surface area contributed by atoms with Crippen molar-refractivity contribution in [1.29, 1.82) is 0 Å². The first-order valence-electron chi connectivity index (χ1n) is 8.31. The van der Waals surface area contributed by atoms with Crippen molar-refractivity contribution >= 4 is 11.9 Å². The zero-order valence-corrected chi connectivity index (χ0v) is 15.1. The minimum absolute atomic E-state index is 0.0367. The normalized spacial score (nSPS) is 11.8. The molecule has 2 rings (SSSR count). The first-order valence-corrected chi connectivity index (χ1v) is 8.31. The third kappa shape index (κ3) is 4.92. The highest BCUT2D eigenvalue weighted by Crippen LogP contribution is 2.27. The van der Waals surface area contributed by atoms with E-state index >= 15 is 0 Å². The maximum atomic E-state index is 11.5. The first-order chi connectivity index (χ1) is 11.9. The van der Waals surface area contributed by atoms with Crippen LogP contribution in [0.1, 0.15) is 48.6 Å². The molecular weight excluding hydrogens is 320 g/mol. The average Bonchev–Trinajstić information content (AvgIpc) is 3.08. The summed E-state index contributed by atoms with van der Waals surface area (Å²) in [6.07, 6.45) is 3.72. The van der Waals surface area contributed by atoms with Crippen LogP contribution < -0.4 is 0 Å². The second-order valence-electron chi connectivity index (χ2n) is 5.98. The Balaban J connectivity index is 1.94. The molecule has 0 N–H and O–H groups in total. The fraction of sp³-hybridized carbons (Fsp3) is 0.421. The zero-order valence-electron chi connectivity index (χ0n) is 15.1. The topological polar surface area (TPSA) is 70.4 Å². The molecule has 1 aromatic carbocycles. The lowest BCUT2D eigenvalue weighted by molar-refractivity contribution is -0.161.